The SMILES string of the molecule is NCc1ccc(S(=O)(=O)NCCc2ccc(Br)s2)cc1. The maximum Gasteiger partial charge on any atom is 0.240 e. The van der Waals surface area contributed by atoms with Gasteiger partial charge in [0, 0.05) is 18.0 Å². The Labute approximate surface area is 131 Å². The zero-order valence-corrected chi connectivity index (χ0v) is 13.9. The van der Waals surface area contributed by atoms with E-state index in [-0.39, 0.29) is 4.90 Å². The minimum atomic E-state index is -3.45. The van der Waals surface area contributed by atoms with Crippen molar-refractivity contribution in [1.29, 1.82) is 0 Å². The molecule has 0 bridgehead atoms. The van der Waals surface area contributed by atoms with E-state index in [2.05, 4.69) is 20.7 Å². The molecule has 1 heterocycles. The van der Waals surface area contributed by atoms with Crippen LogP contribution in [-0.2, 0) is 23.0 Å². The van der Waals surface area contributed by atoms with Crippen LogP contribution in [0, 0.1) is 0 Å². The molecular weight excluding hydrogens is 360 g/mol. The van der Waals surface area contributed by atoms with Crippen LogP contribution in [0.25, 0.3) is 0 Å². The normalized spacial score (nSPS) is 11.7. The van der Waals surface area contributed by atoms with Gasteiger partial charge in [0.1, 0.15) is 0 Å². The van der Waals surface area contributed by atoms with Gasteiger partial charge < -0.3 is 5.73 Å². The third kappa shape index (κ3) is 4.13. The van der Waals surface area contributed by atoms with Crippen molar-refractivity contribution < 1.29 is 8.42 Å². The Hall–Kier alpha value is -0.730. The number of rotatable bonds is 6. The Morgan fingerprint density at radius 2 is 1.85 bits per heavy atom. The molecule has 0 unspecified atom stereocenters. The van der Waals surface area contributed by atoms with Gasteiger partial charge in [0.05, 0.1) is 8.68 Å². The minimum Gasteiger partial charge on any atom is -0.326 e. The molecule has 0 atom stereocenters. The van der Waals surface area contributed by atoms with Crippen LogP contribution in [0.5, 0.6) is 0 Å². The number of hydrogen-bond acceptors (Lipinski definition) is 4. The first-order chi connectivity index (χ1) is 9.51. The maximum absolute atomic E-state index is 12.1. The summed E-state index contributed by atoms with van der Waals surface area (Å²) >= 11 is 4.99. The maximum atomic E-state index is 12.1. The molecule has 20 heavy (non-hydrogen) atoms. The second-order valence-electron chi connectivity index (χ2n) is 4.20. The fourth-order valence-electron chi connectivity index (χ4n) is 1.68. The lowest BCUT2D eigenvalue weighted by atomic mass is 10.2. The van der Waals surface area contributed by atoms with Crippen LogP contribution in [0.15, 0.2) is 45.1 Å². The molecule has 1 aromatic heterocycles. The fourth-order valence-corrected chi connectivity index (χ4v) is 4.20. The average Bonchev–Trinajstić information content (AvgIpc) is 2.84. The van der Waals surface area contributed by atoms with Crippen molar-refractivity contribution in [3.8, 4) is 0 Å². The summed E-state index contributed by atoms with van der Waals surface area (Å²) in [5.74, 6) is 0. The van der Waals surface area contributed by atoms with Crippen molar-refractivity contribution in [2.24, 2.45) is 5.73 Å². The number of nitrogens with two attached hydrogens (primary N) is 1. The van der Waals surface area contributed by atoms with Crippen molar-refractivity contribution in [3.05, 3.63) is 50.6 Å². The molecule has 0 spiro atoms. The second-order valence-corrected chi connectivity index (χ2v) is 8.52. The quantitative estimate of drug-likeness (QED) is 0.815. The molecule has 0 saturated heterocycles. The summed E-state index contributed by atoms with van der Waals surface area (Å²) in [5, 5.41) is 0. The number of nitrogens with one attached hydrogen (secondary N) is 1. The van der Waals surface area contributed by atoms with Crippen LogP contribution in [0.2, 0.25) is 0 Å². The summed E-state index contributed by atoms with van der Waals surface area (Å²) in [6.45, 7) is 0.787. The van der Waals surface area contributed by atoms with Gasteiger partial charge >= 0.3 is 0 Å². The molecule has 4 nitrogen and oxygen atoms in total. The molecule has 0 fully saturated rings. The van der Waals surface area contributed by atoms with Gasteiger partial charge in [0.2, 0.25) is 10.0 Å². The minimum absolute atomic E-state index is 0.266. The van der Waals surface area contributed by atoms with Gasteiger partial charge in [0.25, 0.3) is 0 Å². The highest BCUT2D eigenvalue weighted by molar-refractivity contribution is 9.11. The summed E-state index contributed by atoms with van der Waals surface area (Å²) in [5.41, 5.74) is 6.40. The van der Waals surface area contributed by atoms with Crippen LogP contribution in [0.1, 0.15) is 10.4 Å². The Kier molecular flexibility index (Phi) is 5.34. The van der Waals surface area contributed by atoms with Gasteiger partial charge in [-0.05, 0) is 52.2 Å². The molecule has 0 aliphatic rings. The second kappa shape index (κ2) is 6.82. The van der Waals surface area contributed by atoms with E-state index in [0.717, 1.165) is 14.2 Å². The number of hydrogen-bond donors (Lipinski definition) is 2. The van der Waals surface area contributed by atoms with E-state index in [1.807, 2.05) is 12.1 Å². The largest absolute Gasteiger partial charge is 0.326 e. The van der Waals surface area contributed by atoms with Gasteiger partial charge in [-0.25, -0.2) is 13.1 Å². The molecule has 0 aliphatic heterocycles. The molecule has 0 saturated carbocycles. The molecule has 0 radical (unpaired) electrons. The number of thiophene rings is 1. The van der Waals surface area contributed by atoms with Crippen LogP contribution >= 0.6 is 27.3 Å². The van der Waals surface area contributed by atoms with Gasteiger partial charge in [-0.1, -0.05) is 12.1 Å². The Bertz CT molecular complexity index is 666. The summed E-state index contributed by atoms with van der Waals surface area (Å²) in [6, 6.07) is 10.5. The highest BCUT2D eigenvalue weighted by Gasteiger charge is 2.13. The molecule has 108 valence electrons. The summed E-state index contributed by atoms with van der Waals surface area (Å²) in [7, 11) is -3.45. The molecule has 0 aliphatic carbocycles. The first-order valence-corrected chi connectivity index (χ1v) is 9.13. The highest BCUT2D eigenvalue weighted by Crippen LogP contribution is 2.22. The van der Waals surface area contributed by atoms with E-state index in [9.17, 15) is 8.42 Å². The lowest BCUT2D eigenvalue weighted by Crippen LogP contribution is -2.25. The van der Waals surface area contributed by atoms with Crippen molar-refractivity contribution in [2.45, 2.75) is 17.9 Å². The van der Waals surface area contributed by atoms with E-state index in [1.165, 1.54) is 0 Å². The van der Waals surface area contributed by atoms with E-state index in [1.54, 1.807) is 35.6 Å². The molecule has 2 aromatic rings. The molecule has 1 aromatic carbocycles. The zero-order chi connectivity index (χ0) is 14.6. The average molecular weight is 375 g/mol. The van der Waals surface area contributed by atoms with Gasteiger partial charge in [0.15, 0.2) is 0 Å². The van der Waals surface area contributed by atoms with Crippen molar-refractivity contribution >= 4 is 37.3 Å². The topological polar surface area (TPSA) is 72.2 Å². The van der Waals surface area contributed by atoms with Crippen molar-refractivity contribution in [1.82, 2.24) is 4.72 Å². The summed E-state index contributed by atoms with van der Waals surface area (Å²) < 4.78 is 27.8. The van der Waals surface area contributed by atoms with Gasteiger partial charge in [-0.2, -0.15) is 0 Å². The van der Waals surface area contributed by atoms with Crippen molar-refractivity contribution in [3.63, 3.8) is 0 Å². The predicted molar refractivity (Wildman–Crippen MR) is 85.2 cm³/mol. The standard InChI is InChI=1S/C13H15BrN2O2S2/c14-13-6-3-11(19-13)7-8-16-20(17,18)12-4-1-10(9-15)2-5-12/h1-6,16H,7-9,15H2. The molecule has 7 heteroatoms. The van der Waals surface area contributed by atoms with E-state index >= 15 is 0 Å². The smallest absolute Gasteiger partial charge is 0.240 e. The van der Waals surface area contributed by atoms with Crippen LogP contribution in [0.4, 0.5) is 0 Å². The first-order valence-electron chi connectivity index (χ1n) is 6.04. The number of benzene rings is 1. The Morgan fingerprint density at radius 3 is 2.40 bits per heavy atom. The molecule has 0 amide bonds. The lowest BCUT2D eigenvalue weighted by molar-refractivity contribution is 0.582. The van der Waals surface area contributed by atoms with Crippen LogP contribution in [-0.4, -0.2) is 15.0 Å². The van der Waals surface area contributed by atoms with Crippen molar-refractivity contribution in [2.75, 3.05) is 6.54 Å². The van der Waals surface area contributed by atoms with Crippen LogP contribution in [0.3, 0.4) is 0 Å². The number of halogens is 1. The third-order valence-electron chi connectivity index (χ3n) is 2.76. The van der Waals surface area contributed by atoms with E-state index in [4.69, 9.17) is 5.73 Å². The van der Waals surface area contributed by atoms with E-state index in [0.29, 0.717) is 19.5 Å². The summed E-state index contributed by atoms with van der Waals surface area (Å²) in [6.07, 6.45) is 0.677. The zero-order valence-electron chi connectivity index (χ0n) is 10.7. The number of sulfonamides is 1. The van der Waals surface area contributed by atoms with Crippen LogP contribution < -0.4 is 10.5 Å². The lowest BCUT2D eigenvalue weighted by Gasteiger charge is -2.06. The Morgan fingerprint density at radius 1 is 1.15 bits per heavy atom. The Balaban J connectivity index is 1.96. The molecular formula is C13H15BrN2O2S2. The monoisotopic (exact) mass is 374 g/mol. The van der Waals surface area contributed by atoms with Gasteiger partial charge in [-0.3, -0.25) is 0 Å². The van der Waals surface area contributed by atoms with Gasteiger partial charge in [-0.15, -0.1) is 11.3 Å². The predicted octanol–water partition coefficient (Wildman–Crippen LogP) is 2.49. The third-order valence-corrected chi connectivity index (χ3v) is 5.92. The van der Waals surface area contributed by atoms with E-state index < -0.39 is 10.0 Å². The fraction of sp³-hybridized carbons (Fsp3) is 0.231. The molecule has 3 N–H and O–H groups in total. The highest BCUT2D eigenvalue weighted by atomic mass is 79.9. The molecule has 2 rings (SSSR count). The first kappa shape index (κ1) is 15.7. The summed E-state index contributed by atoms with van der Waals surface area (Å²) in [4.78, 5) is 1.40.